The summed E-state index contributed by atoms with van der Waals surface area (Å²) < 4.78 is 5.18. The molecule has 0 spiro atoms. The monoisotopic (exact) mass is 462 g/mol. The van der Waals surface area contributed by atoms with E-state index in [1.165, 1.54) is 5.56 Å². The number of nitrogens with one attached hydrogen (secondary N) is 2. The minimum absolute atomic E-state index is 0. The first-order valence-electron chi connectivity index (χ1n) is 8.26. The molecular weight excluding hydrogens is 431 g/mol. The highest BCUT2D eigenvalue weighted by atomic mass is 127. The van der Waals surface area contributed by atoms with Crippen molar-refractivity contribution in [2.75, 3.05) is 41.3 Å². The second-order valence-corrected chi connectivity index (χ2v) is 5.93. The number of hydrogen-bond acceptors (Lipinski definition) is 3. The third kappa shape index (κ3) is 8.94. The number of methoxy groups -OCH3 is 1. The number of benzene rings is 1. The van der Waals surface area contributed by atoms with Crippen molar-refractivity contribution < 1.29 is 9.53 Å². The van der Waals surface area contributed by atoms with Gasteiger partial charge in [0.25, 0.3) is 0 Å². The summed E-state index contributed by atoms with van der Waals surface area (Å²) in [6.07, 6.45) is 1.44. The van der Waals surface area contributed by atoms with E-state index in [1.807, 2.05) is 12.1 Å². The highest BCUT2D eigenvalue weighted by molar-refractivity contribution is 14.0. The molecule has 1 aromatic carbocycles. The molecule has 1 amide bonds. The van der Waals surface area contributed by atoms with Crippen LogP contribution in [0.3, 0.4) is 0 Å². The van der Waals surface area contributed by atoms with E-state index in [1.54, 1.807) is 33.2 Å². The Hall–Kier alpha value is -1.51. The van der Waals surface area contributed by atoms with Crippen molar-refractivity contribution in [3.8, 4) is 5.75 Å². The van der Waals surface area contributed by atoms with Crippen LogP contribution >= 0.6 is 24.0 Å². The van der Waals surface area contributed by atoms with Gasteiger partial charge in [-0.3, -0.25) is 9.79 Å². The fourth-order valence-corrected chi connectivity index (χ4v) is 2.24. The largest absolute Gasteiger partial charge is 0.497 e. The zero-order chi connectivity index (χ0) is 17.9. The lowest BCUT2D eigenvalue weighted by atomic mass is 9.98. The van der Waals surface area contributed by atoms with E-state index < -0.39 is 0 Å². The third-order valence-corrected chi connectivity index (χ3v) is 3.91. The summed E-state index contributed by atoms with van der Waals surface area (Å²) in [6, 6.07) is 8.18. The van der Waals surface area contributed by atoms with Crippen molar-refractivity contribution in [3.63, 3.8) is 0 Å². The van der Waals surface area contributed by atoms with E-state index in [9.17, 15) is 4.79 Å². The molecule has 2 N–H and O–H groups in total. The molecule has 0 radical (unpaired) electrons. The van der Waals surface area contributed by atoms with E-state index in [2.05, 4.69) is 34.7 Å². The number of aliphatic imine (C=N–C) groups is 1. The smallest absolute Gasteiger partial charge is 0.223 e. The molecule has 0 saturated carbocycles. The second kappa shape index (κ2) is 12.8. The zero-order valence-corrected chi connectivity index (χ0v) is 18.2. The summed E-state index contributed by atoms with van der Waals surface area (Å²) in [5.74, 6) is 2.15. The number of rotatable bonds is 8. The van der Waals surface area contributed by atoms with Crippen LogP contribution in [-0.2, 0) is 4.79 Å². The molecule has 1 aromatic rings. The van der Waals surface area contributed by atoms with Gasteiger partial charge in [-0.1, -0.05) is 19.1 Å². The van der Waals surface area contributed by atoms with Crippen LogP contribution in [0.1, 0.15) is 31.2 Å². The fraction of sp³-hybridized carbons (Fsp3) is 0.556. The van der Waals surface area contributed by atoms with Crippen molar-refractivity contribution in [1.82, 2.24) is 15.5 Å². The number of hydrogen-bond donors (Lipinski definition) is 2. The Bertz CT molecular complexity index is 532. The van der Waals surface area contributed by atoms with Gasteiger partial charge in [0.15, 0.2) is 5.96 Å². The highest BCUT2D eigenvalue weighted by Gasteiger charge is 2.07. The number of guanidine groups is 1. The lowest BCUT2D eigenvalue weighted by molar-refractivity contribution is -0.128. The predicted molar refractivity (Wildman–Crippen MR) is 114 cm³/mol. The van der Waals surface area contributed by atoms with E-state index in [-0.39, 0.29) is 29.9 Å². The SMILES string of the molecule is CN=C(NCCC(=O)N(C)C)NCCC(C)c1ccc(OC)cc1.I. The first-order chi connectivity index (χ1) is 11.5. The Morgan fingerprint density at radius 2 is 1.80 bits per heavy atom. The van der Waals surface area contributed by atoms with Crippen LogP contribution in [0.15, 0.2) is 29.3 Å². The molecule has 1 rings (SSSR count). The molecule has 25 heavy (non-hydrogen) atoms. The van der Waals surface area contributed by atoms with Gasteiger partial charge in [0.1, 0.15) is 5.75 Å². The molecule has 7 heteroatoms. The molecule has 0 aliphatic carbocycles. The normalized spacial score (nSPS) is 12.0. The number of carbonyl (C=O) groups excluding carboxylic acids is 1. The lowest BCUT2D eigenvalue weighted by Crippen LogP contribution is -2.39. The molecule has 0 saturated heterocycles. The van der Waals surface area contributed by atoms with Crippen LogP contribution in [0.5, 0.6) is 5.75 Å². The molecule has 1 unspecified atom stereocenters. The summed E-state index contributed by atoms with van der Waals surface area (Å²) in [6.45, 7) is 3.59. The van der Waals surface area contributed by atoms with Gasteiger partial charge in [-0.05, 0) is 30.0 Å². The Kier molecular flexibility index (Phi) is 12.0. The lowest BCUT2D eigenvalue weighted by Gasteiger charge is -2.16. The first kappa shape index (κ1) is 23.5. The number of carbonyl (C=O) groups is 1. The summed E-state index contributed by atoms with van der Waals surface area (Å²) in [5.41, 5.74) is 1.29. The number of amides is 1. The van der Waals surface area contributed by atoms with E-state index in [4.69, 9.17) is 4.74 Å². The molecule has 0 aliphatic heterocycles. The number of halogens is 1. The Balaban J connectivity index is 0.00000576. The van der Waals surface area contributed by atoms with Crippen LogP contribution in [0.25, 0.3) is 0 Å². The standard InChI is InChI=1S/C18H30N4O2.HI/c1-14(15-6-8-16(24-5)9-7-15)10-12-20-18(19-2)21-13-11-17(23)22(3)4;/h6-9,14H,10-13H2,1-5H3,(H2,19,20,21);1H. The van der Waals surface area contributed by atoms with E-state index in [0.717, 1.165) is 24.7 Å². The highest BCUT2D eigenvalue weighted by Crippen LogP contribution is 2.21. The first-order valence-corrected chi connectivity index (χ1v) is 8.26. The Labute approximate surface area is 168 Å². The Morgan fingerprint density at radius 1 is 1.20 bits per heavy atom. The Morgan fingerprint density at radius 3 is 2.32 bits per heavy atom. The van der Waals surface area contributed by atoms with Crippen molar-refractivity contribution in [2.45, 2.75) is 25.7 Å². The maximum absolute atomic E-state index is 11.5. The number of nitrogens with zero attached hydrogens (tertiary/aromatic N) is 2. The third-order valence-electron chi connectivity index (χ3n) is 3.91. The van der Waals surface area contributed by atoms with Crippen molar-refractivity contribution >= 4 is 35.8 Å². The molecule has 6 nitrogen and oxygen atoms in total. The van der Waals surface area contributed by atoms with Gasteiger partial charge in [-0.15, -0.1) is 24.0 Å². The summed E-state index contributed by atoms with van der Waals surface area (Å²) in [4.78, 5) is 17.3. The van der Waals surface area contributed by atoms with Gasteiger partial charge in [0.05, 0.1) is 7.11 Å². The quantitative estimate of drug-likeness (QED) is 0.354. The second-order valence-electron chi connectivity index (χ2n) is 5.93. The molecule has 0 fully saturated rings. The van der Waals surface area contributed by atoms with Gasteiger partial charge in [-0.25, -0.2) is 0 Å². The van der Waals surface area contributed by atoms with Gasteiger partial charge < -0.3 is 20.3 Å². The number of ether oxygens (including phenoxy) is 1. The average molecular weight is 462 g/mol. The summed E-state index contributed by atoms with van der Waals surface area (Å²) in [7, 11) is 6.93. The van der Waals surface area contributed by atoms with Crippen LogP contribution in [0.2, 0.25) is 0 Å². The van der Waals surface area contributed by atoms with Crippen molar-refractivity contribution in [3.05, 3.63) is 29.8 Å². The molecule has 1 atom stereocenters. The molecule has 142 valence electrons. The van der Waals surface area contributed by atoms with Gasteiger partial charge in [-0.2, -0.15) is 0 Å². The van der Waals surface area contributed by atoms with Crippen molar-refractivity contribution in [1.29, 1.82) is 0 Å². The van der Waals surface area contributed by atoms with E-state index >= 15 is 0 Å². The van der Waals surface area contributed by atoms with Crippen LogP contribution < -0.4 is 15.4 Å². The van der Waals surface area contributed by atoms with Crippen LogP contribution in [0.4, 0.5) is 0 Å². The van der Waals surface area contributed by atoms with Gasteiger partial charge >= 0.3 is 0 Å². The molecule has 0 aromatic heterocycles. The molecule has 0 heterocycles. The minimum atomic E-state index is 0. The zero-order valence-electron chi connectivity index (χ0n) is 15.8. The maximum Gasteiger partial charge on any atom is 0.223 e. The summed E-state index contributed by atoms with van der Waals surface area (Å²) >= 11 is 0. The minimum Gasteiger partial charge on any atom is -0.497 e. The molecular formula is C18H31IN4O2. The maximum atomic E-state index is 11.5. The topological polar surface area (TPSA) is 66.0 Å². The van der Waals surface area contributed by atoms with Crippen LogP contribution in [0, 0.1) is 0 Å². The van der Waals surface area contributed by atoms with Gasteiger partial charge in [0.2, 0.25) is 5.91 Å². The van der Waals surface area contributed by atoms with E-state index in [0.29, 0.717) is 18.9 Å². The molecule has 0 aliphatic rings. The summed E-state index contributed by atoms with van der Waals surface area (Å²) in [5, 5.41) is 6.44. The molecule has 0 bridgehead atoms. The average Bonchev–Trinajstić information content (AvgIpc) is 2.59. The van der Waals surface area contributed by atoms with Crippen molar-refractivity contribution in [2.24, 2.45) is 4.99 Å². The predicted octanol–water partition coefficient (Wildman–Crippen LogP) is 2.45. The van der Waals surface area contributed by atoms with Crippen LogP contribution in [-0.4, -0.2) is 58.1 Å². The fourth-order valence-electron chi connectivity index (χ4n) is 2.24. The van der Waals surface area contributed by atoms with Gasteiger partial charge in [0, 0.05) is 40.7 Å².